The maximum Gasteiger partial charge on any atom is 0.410 e. The molecule has 0 spiro atoms. The summed E-state index contributed by atoms with van der Waals surface area (Å²) in [5.41, 5.74) is 1.11. The minimum absolute atomic E-state index is 0.0670. The molecule has 3 unspecified atom stereocenters. The average Bonchev–Trinajstić information content (AvgIpc) is 3.30. The largest absolute Gasteiger partial charge is 0.447 e. The summed E-state index contributed by atoms with van der Waals surface area (Å²) in [5, 5.41) is 0.621. The van der Waals surface area contributed by atoms with Crippen LogP contribution >= 0.6 is 11.6 Å². The van der Waals surface area contributed by atoms with E-state index in [1.165, 1.54) is 12.1 Å². The standard InChI is InChI=1S/C31H40ClF2N3O3/c1-20(2)40-30(39)37-16-15-35(14-6-7-28(37)21-8-10-22(32)11-9-21)29(38)26-19-36(31(3,4)5)18-25(26)24-13-12-23(33)17-27(24)34/h8-13,17,20,25-26,28H,6-7,14-16,18-19H2,1-5H3. The van der Waals surface area contributed by atoms with Gasteiger partial charge in [0.25, 0.3) is 0 Å². The van der Waals surface area contributed by atoms with Gasteiger partial charge in [0.15, 0.2) is 0 Å². The van der Waals surface area contributed by atoms with Crippen LogP contribution in [-0.2, 0) is 9.53 Å². The monoisotopic (exact) mass is 575 g/mol. The van der Waals surface area contributed by atoms with E-state index in [0.717, 1.165) is 11.6 Å². The first kappa shape index (κ1) is 30.3. The van der Waals surface area contributed by atoms with Gasteiger partial charge in [-0.3, -0.25) is 14.6 Å². The molecule has 0 aliphatic carbocycles. The molecule has 2 amide bonds. The molecule has 218 valence electrons. The SMILES string of the molecule is CC(C)OC(=O)N1CCN(C(=O)C2CN(C(C)(C)C)CC2c2ccc(F)cc2F)CCCC1c1ccc(Cl)cc1. The average molecular weight is 576 g/mol. The Morgan fingerprint density at radius 2 is 1.70 bits per heavy atom. The fourth-order valence-electron chi connectivity index (χ4n) is 5.82. The fraction of sp³-hybridized carbons (Fsp3) is 0.548. The molecule has 4 rings (SSSR count). The quantitative estimate of drug-likeness (QED) is 0.410. The zero-order valence-corrected chi connectivity index (χ0v) is 24.8. The van der Waals surface area contributed by atoms with Crippen LogP contribution in [0.15, 0.2) is 42.5 Å². The number of benzene rings is 2. The van der Waals surface area contributed by atoms with Gasteiger partial charge < -0.3 is 9.64 Å². The second-order valence-corrected chi connectivity index (χ2v) is 12.6. The van der Waals surface area contributed by atoms with Gasteiger partial charge in [0.05, 0.1) is 18.1 Å². The summed E-state index contributed by atoms with van der Waals surface area (Å²) in [7, 11) is 0. The molecule has 0 saturated carbocycles. The van der Waals surface area contributed by atoms with Crippen molar-refractivity contribution in [2.45, 2.75) is 71.1 Å². The predicted molar refractivity (Wildman–Crippen MR) is 152 cm³/mol. The van der Waals surface area contributed by atoms with E-state index in [9.17, 15) is 18.4 Å². The molecule has 2 fully saturated rings. The van der Waals surface area contributed by atoms with Gasteiger partial charge in [0.1, 0.15) is 11.6 Å². The molecule has 40 heavy (non-hydrogen) atoms. The number of likely N-dealkylation sites (tertiary alicyclic amines) is 1. The van der Waals surface area contributed by atoms with Crippen molar-refractivity contribution in [2.24, 2.45) is 5.92 Å². The van der Waals surface area contributed by atoms with E-state index >= 15 is 0 Å². The van der Waals surface area contributed by atoms with Crippen molar-refractivity contribution in [1.82, 2.24) is 14.7 Å². The van der Waals surface area contributed by atoms with E-state index in [-0.39, 0.29) is 23.6 Å². The molecule has 2 aliphatic rings. The lowest BCUT2D eigenvalue weighted by atomic mass is 9.87. The predicted octanol–water partition coefficient (Wildman–Crippen LogP) is 6.64. The summed E-state index contributed by atoms with van der Waals surface area (Å²) in [6, 6.07) is 10.9. The highest BCUT2D eigenvalue weighted by Crippen LogP contribution is 2.39. The molecule has 2 aliphatic heterocycles. The first-order valence-corrected chi connectivity index (χ1v) is 14.4. The molecule has 6 nitrogen and oxygen atoms in total. The number of rotatable bonds is 4. The van der Waals surface area contributed by atoms with E-state index in [1.807, 2.05) is 38.1 Å². The fourth-order valence-corrected chi connectivity index (χ4v) is 5.95. The third-order valence-corrected chi connectivity index (χ3v) is 8.23. The highest BCUT2D eigenvalue weighted by atomic mass is 35.5. The van der Waals surface area contributed by atoms with Crippen LogP contribution in [-0.4, -0.2) is 71.1 Å². The van der Waals surface area contributed by atoms with Gasteiger partial charge in [-0.15, -0.1) is 0 Å². The van der Waals surface area contributed by atoms with Gasteiger partial charge in [-0.25, -0.2) is 13.6 Å². The second-order valence-electron chi connectivity index (χ2n) is 12.1. The Bertz CT molecular complexity index is 1200. The molecular weight excluding hydrogens is 536 g/mol. The molecule has 2 aromatic carbocycles. The third kappa shape index (κ3) is 6.95. The van der Waals surface area contributed by atoms with Gasteiger partial charge in [-0.05, 0) is 76.8 Å². The van der Waals surface area contributed by atoms with Crippen molar-refractivity contribution >= 4 is 23.6 Å². The molecule has 0 aromatic heterocycles. The summed E-state index contributed by atoms with van der Waals surface area (Å²) in [6.07, 6.45) is 0.619. The maximum absolute atomic E-state index is 14.9. The van der Waals surface area contributed by atoms with Crippen molar-refractivity contribution in [2.75, 3.05) is 32.7 Å². The van der Waals surface area contributed by atoms with Crippen molar-refractivity contribution in [1.29, 1.82) is 0 Å². The van der Waals surface area contributed by atoms with Crippen molar-refractivity contribution in [3.63, 3.8) is 0 Å². The van der Waals surface area contributed by atoms with Crippen molar-refractivity contribution in [3.8, 4) is 0 Å². The highest BCUT2D eigenvalue weighted by Gasteiger charge is 2.44. The first-order chi connectivity index (χ1) is 18.8. The Kier molecular flexibility index (Phi) is 9.40. The van der Waals surface area contributed by atoms with Crippen LogP contribution in [0.25, 0.3) is 0 Å². The number of hydrogen-bond acceptors (Lipinski definition) is 4. The minimum atomic E-state index is -0.637. The second kappa shape index (κ2) is 12.4. The molecule has 0 bridgehead atoms. The highest BCUT2D eigenvalue weighted by molar-refractivity contribution is 6.30. The van der Waals surface area contributed by atoms with Crippen LogP contribution in [0.1, 0.15) is 70.5 Å². The Balaban J connectivity index is 1.58. The molecule has 2 aromatic rings. The zero-order valence-electron chi connectivity index (χ0n) is 24.0. The van der Waals surface area contributed by atoms with E-state index < -0.39 is 29.6 Å². The molecule has 0 N–H and O–H groups in total. The maximum atomic E-state index is 14.9. The molecule has 0 radical (unpaired) electrons. The Labute approximate surface area is 241 Å². The van der Waals surface area contributed by atoms with E-state index in [0.29, 0.717) is 56.2 Å². The summed E-state index contributed by atoms with van der Waals surface area (Å²) < 4.78 is 34.2. The smallest absolute Gasteiger partial charge is 0.410 e. The van der Waals surface area contributed by atoms with Crippen LogP contribution < -0.4 is 0 Å². The van der Waals surface area contributed by atoms with Crippen LogP contribution in [0.5, 0.6) is 0 Å². The molecular formula is C31H40ClF2N3O3. The molecule has 2 saturated heterocycles. The van der Waals surface area contributed by atoms with E-state index in [1.54, 1.807) is 9.80 Å². The topological polar surface area (TPSA) is 53.1 Å². The summed E-state index contributed by atoms with van der Waals surface area (Å²) >= 11 is 6.11. The normalized spacial score (nSPS) is 22.8. The number of halogens is 3. The zero-order chi connectivity index (χ0) is 29.2. The van der Waals surface area contributed by atoms with E-state index in [4.69, 9.17) is 16.3 Å². The van der Waals surface area contributed by atoms with Gasteiger partial charge in [0.2, 0.25) is 5.91 Å². The Morgan fingerprint density at radius 3 is 2.33 bits per heavy atom. The van der Waals surface area contributed by atoms with Gasteiger partial charge in [0, 0.05) is 55.3 Å². The van der Waals surface area contributed by atoms with Crippen LogP contribution in [0, 0.1) is 17.6 Å². The number of carbonyl (C=O) groups excluding carboxylic acids is 2. The lowest BCUT2D eigenvalue weighted by molar-refractivity contribution is -0.136. The minimum Gasteiger partial charge on any atom is -0.447 e. The summed E-state index contributed by atoms with van der Waals surface area (Å²) in [6.45, 7) is 12.0. The van der Waals surface area contributed by atoms with Gasteiger partial charge in [-0.2, -0.15) is 0 Å². The van der Waals surface area contributed by atoms with E-state index in [2.05, 4.69) is 25.7 Å². The Hall–Kier alpha value is -2.71. The summed E-state index contributed by atoms with van der Waals surface area (Å²) in [5.74, 6) is -2.22. The lowest BCUT2D eigenvalue weighted by Gasteiger charge is -2.38. The van der Waals surface area contributed by atoms with Crippen LogP contribution in [0.2, 0.25) is 5.02 Å². The van der Waals surface area contributed by atoms with Gasteiger partial charge in [-0.1, -0.05) is 29.8 Å². The number of hydrogen-bond donors (Lipinski definition) is 0. The number of nitrogens with zero attached hydrogens (tertiary/aromatic N) is 3. The summed E-state index contributed by atoms with van der Waals surface area (Å²) in [4.78, 5) is 33.0. The van der Waals surface area contributed by atoms with Crippen LogP contribution in [0.3, 0.4) is 0 Å². The number of ether oxygens (including phenoxy) is 1. The third-order valence-electron chi connectivity index (χ3n) is 7.98. The lowest BCUT2D eigenvalue weighted by Crippen LogP contribution is -2.48. The number of amides is 2. The molecule has 3 atom stereocenters. The number of carbonyl (C=O) groups is 2. The first-order valence-electron chi connectivity index (χ1n) is 14.1. The van der Waals surface area contributed by atoms with Crippen molar-refractivity contribution in [3.05, 3.63) is 70.2 Å². The van der Waals surface area contributed by atoms with Gasteiger partial charge >= 0.3 is 6.09 Å². The molecule has 9 heteroatoms. The molecule has 2 heterocycles. The van der Waals surface area contributed by atoms with Crippen LogP contribution in [0.4, 0.5) is 13.6 Å². The van der Waals surface area contributed by atoms with Crippen molar-refractivity contribution < 1.29 is 23.1 Å². The Morgan fingerprint density at radius 1 is 1.00 bits per heavy atom.